The zero-order chi connectivity index (χ0) is 16.2. The monoisotopic (exact) mass is 311 g/mol. The third kappa shape index (κ3) is 3.35. The Morgan fingerprint density at radius 2 is 2.00 bits per heavy atom. The first-order valence-electron chi connectivity index (χ1n) is 7.40. The fourth-order valence-corrected chi connectivity index (χ4v) is 2.18. The molecule has 7 heteroatoms. The summed E-state index contributed by atoms with van der Waals surface area (Å²) in [6.07, 6.45) is 5.06. The lowest BCUT2D eigenvalue weighted by Crippen LogP contribution is -2.17. The van der Waals surface area contributed by atoms with E-state index in [1.54, 1.807) is 29.3 Å². The number of aliphatic hydroxyl groups excluding tert-OH is 1. The third-order valence-corrected chi connectivity index (χ3v) is 3.51. The van der Waals surface area contributed by atoms with Crippen LogP contribution in [0.2, 0.25) is 0 Å². The molecule has 0 fully saturated rings. The van der Waals surface area contributed by atoms with Gasteiger partial charge in [0.1, 0.15) is 0 Å². The predicted octanol–water partition coefficient (Wildman–Crippen LogP) is 1.47. The molecule has 0 bridgehead atoms. The lowest BCUT2D eigenvalue weighted by atomic mass is 10.2. The number of rotatable bonds is 5. The Kier molecular flexibility index (Phi) is 4.29. The van der Waals surface area contributed by atoms with Crippen molar-refractivity contribution >= 4 is 0 Å². The number of pyridine rings is 2. The van der Waals surface area contributed by atoms with Gasteiger partial charge in [-0.1, -0.05) is 6.92 Å². The van der Waals surface area contributed by atoms with Crippen LogP contribution in [0.1, 0.15) is 13.3 Å². The average molecular weight is 311 g/mol. The maximum absolute atomic E-state index is 11.2. The van der Waals surface area contributed by atoms with Gasteiger partial charge in [-0.2, -0.15) is 5.10 Å². The smallest absolute Gasteiger partial charge is 0.247 e. The molecule has 0 aliphatic carbocycles. The average Bonchev–Trinajstić information content (AvgIpc) is 3.00. The number of aromatic nitrogens is 5. The van der Waals surface area contributed by atoms with Crippen LogP contribution in [-0.2, 0) is 6.54 Å². The third-order valence-electron chi connectivity index (χ3n) is 3.51. The molecule has 3 rings (SSSR count). The first-order valence-corrected chi connectivity index (χ1v) is 7.40. The van der Waals surface area contributed by atoms with Gasteiger partial charge >= 0.3 is 0 Å². The molecular formula is C16H17N5O2. The topological polar surface area (TPSA) is 96.7 Å². The molecule has 3 aromatic heterocycles. The summed E-state index contributed by atoms with van der Waals surface area (Å²) in [7, 11) is 0. The molecule has 0 radical (unpaired) electrons. The van der Waals surface area contributed by atoms with Crippen molar-refractivity contribution in [2.45, 2.75) is 26.0 Å². The number of nitrogens with zero attached hydrogens (tertiary/aromatic N) is 4. The Balaban J connectivity index is 2.06. The van der Waals surface area contributed by atoms with Crippen LogP contribution in [0.25, 0.3) is 22.8 Å². The summed E-state index contributed by atoms with van der Waals surface area (Å²) in [5.41, 5.74) is 1.40. The molecule has 0 aliphatic rings. The van der Waals surface area contributed by atoms with Crippen molar-refractivity contribution in [1.82, 2.24) is 24.7 Å². The number of hydrogen-bond donors (Lipinski definition) is 2. The molecule has 1 atom stereocenters. The van der Waals surface area contributed by atoms with E-state index in [1.165, 1.54) is 6.07 Å². The first-order chi connectivity index (χ1) is 11.2. The van der Waals surface area contributed by atoms with Crippen molar-refractivity contribution in [2.24, 2.45) is 0 Å². The lowest BCUT2D eigenvalue weighted by molar-refractivity contribution is 0.146. The van der Waals surface area contributed by atoms with E-state index in [0.29, 0.717) is 24.6 Å². The van der Waals surface area contributed by atoms with Crippen LogP contribution in [0.15, 0.2) is 47.7 Å². The van der Waals surface area contributed by atoms with E-state index in [-0.39, 0.29) is 5.56 Å². The van der Waals surface area contributed by atoms with Crippen molar-refractivity contribution in [2.75, 3.05) is 0 Å². The van der Waals surface area contributed by atoms with E-state index in [1.807, 2.05) is 19.1 Å². The molecular weight excluding hydrogens is 294 g/mol. The molecule has 0 aliphatic heterocycles. The van der Waals surface area contributed by atoms with Gasteiger partial charge in [0.05, 0.1) is 12.6 Å². The van der Waals surface area contributed by atoms with Crippen LogP contribution < -0.4 is 5.56 Å². The highest BCUT2D eigenvalue weighted by Crippen LogP contribution is 2.21. The maximum atomic E-state index is 11.2. The zero-order valence-electron chi connectivity index (χ0n) is 12.7. The van der Waals surface area contributed by atoms with Crippen LogP contribution >= 0.6 is 0 Å². The Morgan fingerprint density at radius 3 is 2.65 bits per heavy atom. The van der Waals surface area contributed by atoms with Gasteiger partial charge < -0.3 is 10.1 Å². The molecule has 0 aromatic carbocycles. The van der Waals surface area contributed by atoms with Crippen molar-refractivity contribution in [3.8, 4) is 22.8 Å². The molecule has 7 nitrogen and oxygen atoms in total. The van der Waals surface area contributed by atoms with Gasteiger partial charge in [0, 0.05) is 35.8 Å². The maximum Gasteiger partial charge on any atom is 0.247 e. The van der Waals surface area contributed by atoms with E-state index < -0.39 is 6.10 Å². The zero-order valence-corrected chi connectivity index (χ0v) is 12.7. The minimum absolute atomic E-state index is 0.178. The van der Waals surface area contributed by atoms with E-state index in [0.717, 1.165) is 11.1 Å². The van der Waals surface area contributed by atoms with E-state index in [9.17, 15) is 9.90 Å². The Morgan fingerprint density at radius 1 is 1.22 bits per heavy atom. The highest BCUT2D eigenvalue weighted by atomic mass is 16.3. The van der Waals surface area contributed by atoms with E-state index in [4.69, 9.17) is 0 Å². The largest absolute Gasteiger partial charge is 0.391 e. The number of aliphatic hydroxyl groups is 1. The summed E-state index contributed by atoms with van der Waals surface area (Å²) >= 11 is 0. The van der Waals surface area contributed by atoms with Crippen LogP contribution in [0.4, 0.5) is 0 Å². The number of H-pyrrole nitrogens is 1. The van der Waals surface area contributed by atoms with Crippen LogP contribution in [0.5, 0.6) is 0 Å². The van der Waals surface area contributed by atoms with E-state index in [2.05, 4.69) is 20.1 Å². The molecule has 0 unspecified atom stereocenters. The van der Waals surface area contributed by atoms with Crippen molar-refractivity contribution in [1.29, 1.82) is 0 Å². The molecule has 0 spiro atoms. The van der Waals surface area contributed by atoms with Gasteiger partial charge in [-0.15, -0.1) is 0 Å². The fraction of sp³-hybridized carbons (Fsp3) is 0.250. The van der Waals surface area contributed by atoms with Crippen molar-refractivity contribution < 1.29 is 5.11 Å². The summed E-state index contributed by atoms with van der Waals surface area (Å²) < 4.78 is 1.66. The van der Waals surface area contributed by atoms with E-state index >= 15 is 0 Å². The molecule has 0 saturated carbocycles. The minimum atomic E-state index is -0.511. The van der Waals surface area contributed by atoms with Gasteiger partial charge in [0.2, 0.25) is 5.56 Å². The number of hydrogen-bond acceptors (Lipinski definition) is 5. The van der Waals surface area contributed by atoms with Crippen LogP contribution in [-0.4, -0.2) is 35.9 Å². The summed E-state index contributed by atoms with van der Waals surface area (Å²) in [4.78, 5) is 22.4. The lowest BCUT2D eigenvalue weighted by Gasteiger charge is -2.09. The standard InChI is InChI=1S/C16H17N5O2/c1-2-13(22)10-21-16(12-3-4-14(23)18-9-12)19-15(20-21)11-5-7-17-8-6-11/h3-9,13,22H,2,10H2,1H3,(H,18,23)/t13-/m0/s1. The number of aromatic amines is 1. The Bertz CT molecular complexity index is 821. The molecule has 0 saturated heterocycles. The van der Waals surface area contributed by atoms with Crippen LogP contribution in [0, 0.1) is 0 Å². The van der Waals surface area contributed by atoms with Gasteiger partial charge in [0.25, 0.3) is 0 Å². The van der Waals surface area contributed by atoms with Gasteiger partial charge in [-0.25, -0.2) is 9.67 Å². The van der Waals surface area contributed by atoms with Gasteiger partial charge in [-0.05, 0) is 24.6 Å². The molecule has 2 N–H and O–H groups in total. The molecule has 23 heavy (non-hydrogen) atoms. The normalized spacial score (nSPS) is 12.3. The fourth-order valence-electron chi connectivity index (χ4n) is 2.18. The molecule has 0 amide bonds. The van der Waals surface area contributed by atoms with Crippen LogP contribution in [0.3, 0.4) is 0 Å². The first kappa shape index (κ1) is 15.1. The summed E-state index contributed by atoms with van der Waals surface area (Å²) in [5.74, 6) is 1.15. The summed E-state index contributed by atoms with van der Waals surface area (Å²) in [6, 6.07) is 6.78. The Labute approximate surface area is 132 Å². The molecule has 118 valence electrons. The summed E-state index contributed by atoms with van der Waals surface area (Å²) in [6.45, 7) is 2.24. The quantitative estimate of drug-likeness (QED) is 0.743. The second kappa shape index (κ2) is 6.53. The van der Waals surface area contributed by atoms with Gasteiger partial charge in [-0.3, -0.25) is 9.78 Å². The van der Waals surface area contributed by atoms with Crippen molar-refractivity contribution in [3.05, 3.63) is 53.2 Å². The molecule has 3 aromatic rings. The minimum Gasteiger partial charge on any atom is -0.391 e. The second-order valence-corrected chi connectivity index (χ2v) is 5.18. The highest BCUT2D eigenvalue weighted by Gasteiger charge is 2.15. The Hall–Kier alpha value is -2.80. The SMILES string of the molecule is CC[C@H](O)Cn1nc(-c2ccncc2)nc1-c1ccc(=O)[nH]c1. The highest BCUT2D eigenvalue weighted by molar-refractivity contribution is 5.60. The van der Waals surface area contributed by atoms with Gasteiger partial charge in [0.15, 0.2) is 11.6 Å². The number of nitrogens with one attached hydrogen (secondary N) is 1. The second-order valence-electron chi connectivity index (χ2n) is 5.18. The predicted molar refractivity (Wildman–Crippen MR) is 85.6 cm³/mol. The van der Waals surface area contributed by atoms with Crippen molar-refractivity contribution in [3.63, 3.8) is 0 Å². The molecule has 3 heterocycles. The summed E-state index contributed by atoms with van der Waals surface area (Å²) in [5, 5.41) is 14.4.